The van der Waals surface area contributed by atoms with Crippen LogP contribution in [0.15, 0.2) is 48.7 Å². The van der Waals surface area contributed by atoms with E-state index in [1.807, 2.05) is 37.3 Å². The molecule has 1 aromatic heterocycles. The minimum Gasteiger partial charge on any atom is -0.508 e. The van der Waals surface area contributed by atoms with E-state index in [4.69, 9.17) is 0 Å². The number of fused-ring (bicyclic) bond motifs is 1. The zero-order chi connectivity index (χ0) is 16.2. The predicted octanol–water partition coefficient (Wildman–Crippen LogP) is 3.78. The number of phenols is 1. The lowest BCUT2D eigenvalue weighted by Crippen LogP contribution is -2.07. The maximum atomic E-state index is 9.51. The minimum atomic E-state index is 0.269. The molecule has 0 aliphatic rings. The van der Waals surface area contributed by atoms with Crippen molar-refractivity contribution in [3.63, 3.8) is 0 Å². The normalized spacial score (nSPS) is 10.4. The smallest absolute Gasteiger partial charge is 0.115 e. The van der Waals surface area contributed by atoms with Crippen LogP contribution in [0.5, 0.6) is 5.75 Å². The predicted molar refractivity (Wildman–Crippen MR) is 91.5 cm³/mol. The molecule has 0 amide bonds. The number of phenolic OH excluding ortho intramolecular Hbond substituents is 1. The number of aromatic hydroxyl groups is 1. The highest BCUT2D eigenvalue weighted by Crippen LogP contribution is 2.27. The summed E-state index contributed by atoms with van der Waals surface area (Å²) < 4.78 is 0. The number of hydrogen-bond acceptors (Lipinski definition) is 4. The van der Waals surface area contributed by atoms with Crippen LogP contribution >= 0.6 is 0 Å². The van der Waals surface area contributed by atoms with Crippen molar-refractivity contribution in [2.75, 3.05) is 11.9 Å². The van der Waals surface area contributed by atoms with Crippen molar-refractivity contribution in [2.45, 2.75) is 13.3 Å². The molecule has 1 heterocycles. The van der Waals surface area contributed by atoms with Crippen LogP contribution in [0, 0.1) is 18.3 Å². The number of rotatable bonds is 4. The lowest BCUT2D eigenvalue weighted by atomic mass is 10.1. The summed E-state index contributed by atoms with van der Waals surface area (Å²) in [4.78, 5) is 4.39. The van der Waals surface area contributed by atoms with Crippen molar-refractivity contribution in [2.24, 2.45) is 0 Å². The monoisotopic (exact) mass is 303 g/mol. The summed E-state index contributed by atoms with van der Waals surface area (Å²) in [5.74, 6) is 0.269. The van der Waals surface area contributed by atoms with Gasteiger partial charge in [-0.15, -0.1) is 0 Å². The molecule has 4 nitrogen and oxygen atoms in total. The van der Waals surface area contributed by atoms with Crippen LogP contribution in [0.3, 0.4) is 0 Å². The van der Waals surface area contributed by atoms with E-state index in [0.29, 0.717) is 12.1 Å². The third-order valence-electron chi connectivity index (χ3n) is 3.85. The fourth-order valence-electron chi connectivity index (χ4n) is 2.69. The van der Waals surface area contributed by atoms with E-state index in [2.05, 4.69) is 16.4 Å². The first kappa shape index (κ1) is 14.9. The summed E-state index contributed by atoms with van der Waals surface area (Å²) >= 11 is 0. The van der Waals surface area contributed by atoms with Crippen molar-refractivity contribution in [1.29, 1.82) is 5.26 Å². The van der Waals surface area contributed by atoms with E-state index in [0.717, 1.165) is 34.1 Å². The number of aromatic nitrogens is 1. The summed E-state index contributed by atoms with van der Waals surface area (Å²) in [5, 5.41) is 23.2. The number of hydrogen-bond donors (Lipinski definition) is 2. The third kappa shape index (κ3) is 3.09. The van der Waals surface area contributed by atoms with Gasteiger partial charge in [-0.05, 0) is 36.6 Å². The van der Waals surface area contributed by atoms with Crippen LogP contribution in [0.25, 0.3) is 10.9 Å². The van der Waals surface area contributed by atoms with Crippen molar-refractivity contribution in [1.82, 2.24) is 4.98 Å². The first-order valence-corrected chi connectivity index (χ1v) is 7.49. The van der Waals surface area contributed by atoms with E-state index in [1.165, 1.54) is 0 Å². The van der Waals surface area contributed by atoms with Crippen LogP contribution in [0.2, 0.25) is 0 Å². The van der Waals surface area contributed by atoms with Gasteiger partial charge in [0.05, 0.1) is 16.8 Å². The molecule has 3 rings (SSSR count). The van der Waals surface area contributed by atoms with Gasteiger partial charge in [0, 0.05) is 18.1 Å². The molecule has 0 saturated heterocycles. The van der Waals surface area contributed by atoms with E-state index >= 15 is 0 Å². The molecular formula is C19H17N3O. The number of anilines is 1. The molecule has 0 aliphatic carbocycles. The van der Waals surface area contributed by atoms with Crippen molar-refractivity contribution in [3.05, 3.63) is 65.4 Å². The third-order valence-corrected chi connectivity index (χ3v) is 3.85. The number of pyridine rings is 1. The van der Waals surface area contributed by atoms with E-state index < -0.39 is 0 Å². The van der Waals surface area contributed by atoms with Gasteiger partial charge in [-0.25, -0.2) is 0 Å². The first-order chi connectivity index (χ1) is 11.2. The Labute approximate surface area is 135 Å². The molecule has 2 aromatic carbocycles. The molecule has 23 heavy (non-hydrogen) atoms. The minimum absolute atomic E-state index is 0.269. The molecule has 2 N–H and O–H groups in total. The second-order valence-corrected chi connectivity index (χ2v) is 5.48. The molecule has 0 unspecified atom stereocenters. The van der Waals surface area contributed by atoms with Gasteiger partial charge in [0.2, 0.25) is 0 Å². The quantitative estimate of drug-likeness (QED) is 0.769. The second kappa shape index (κ2) is 6.37. The summed E-state index contributed by atoms with van der Waals surface area (Å²) in [6.45, 7) is 2.68. The van der Waals surface area contributed by atoms with E-state index in [-0.39, 0.29) is 5.75 Å². The largest absolute Gasteiger partial charge is 0.508 e. The van der Waals surface area contributed by atoms with Crippen molar-refractivity contribution >= 4 is 16.6 Å². The Morgan fingerprint density at radius 1 is 1.22 bits per heavy atom. The standard InChI is InChI=1S/C19H17N3O/c1-13-4-2-7-17-18(13)22-12-15(11-20)19(17)21-9-8-14-5-3-6-16(23)10-14/h2-7,10,12,23H,8-9H2,1H3,(H,21,22). The maximum Gasteiger partial charge on any atom is 0.115 e. The average molecular weight is 303 g/mol. The Hall–Kier alpha value is -3.06. The molecule has 3 aromatic rings. The van der Waals surface area contributed by atoms with Crippen molar-refractivity contribution in [3.8, 4) is 11.8 Å². The molecule has 0 radical (unpaired) electrons. The molecule has 0 fully saturated rings. The van der Waals surface area contributed by atoms with Gasteiger partial charge in [0.15, 0.2) is 0 Å². The fraction of sp³-hybridized carbons (Fsp3) is 0.158. The average Bonchev–Trinajstić information content (AvgIpc) is 2.55. The number of benzene rings is 2. The van der Waals surface area contributed by atoms with Gasteiger partial charge in [-0.1, -0.05) is 30.3 Å². The van der Waals surface area contributed by atoms with Crippen LogP contribution in [0.4, 0.5) is 5.69 Å². The SMILES string of the molecule is Cc1cccc2c(NCCc3cccc(O)c3)c(C#N)cnc12. The molecule has 114 valence electrons. The number of aryl methyl sites for hydroxylation is 1. The highest BCUT2D eigenvalue weighted by Gasteiger charge is 2.09. The van der Waals surface area contributed by atoms with E-state index in [1.54, 1.807) is 18.3 Å². The van der Waals surface area contributed by atoms with Crippen molar-refractivity contribution < 1.29 is 5.11 Å². The number of para-hydroxylation sites is 1. The molecule has 0 saturated carbocycles. The maximum absolute atomic E-state index is 9.51. The molecule has 0 spiro atoms. The fourth-order valence-corrected chi connectivity index (χ4v) is 2.69. The second-order valence-electron chi connectivity index (χ2n) is 5.48. The summed E-state index contributed by atoms with van der Waals surface area (Å²) in [7, 11) is 0. The van der Waals surface area contributed by atoms with Gasteiger partial charge < -0.3 is 10.4 Å². The Balaban J connectivity index is 1.87. The van der Waals surface area contributed by atoms with Crippen LogP contribution in [-0.4, -0.2) is 16.6 Å². The molecule has 0 aliphatic heterocycles. The highest BCUT2D eigenvalue weighted by molar-refractivity contribution is 5.95. The van der Waals surface area contributed by atoms with Crippen LogP contribution in [0.1, 0.15) is 16.7 Å². The van der Waals surface area contributed by atoms with Gasteiger partial charge >= 0.3 is 0 Å². The summed E-state index contributed by atoms with van der Waals surface area (Å²) in [5.41, 5.74) is 4.40. The summed E-state index contributed by atoms with van der Waals surface area (Å²) in [6, 6.07) is 15.4. The first-order valence-electron chi connectivity index (χ1n) is 7.49. The van der Waals surface area contributed by atoms with Crippen LogP contribution in [-0.2, 0) is 6.42 Å². The summed E-state index contributed by atoms with van der Waals surface area (Å²) in [6.07, 6.45) is 2.38. The van der Waals surface area contributed by atoms with Gasteiger partial charge in [0.25, 0.3) is 0 Å². The number of nitriles is 1. The number of nitrogens with zero attached hydrogens (tertiary/aromatic N) is 2. The Bertz CT molecular complexity index is 897. The topological polar surface area (TPSA) is 68.9 Å². The molecule has 4 heteroatoms. The number of nitrogens with one attached hydrogen (secondary N) is 1. The van der Waals surface area contributed by atoms with Gasteiger partial charge in [-0.2, -0.15) is 5.26 Å². The Morgan fingerprint density at radius 2 is 2.04 bits per heavy atom. The Kier molecular flexibility index (Phi) is 4.11. The molecule has 0 bridgehead atoms. The highest BCUT2D eigenvalue weighted by atomic mass is 16.3. The molecule has 0 atom stereocenters. The van der Waals surface area contributed by atoms with Gasteiger partial charge in [-0.3, -0.25) is 4.98 Å². The Morgan fingerprint density at radius 3 is 2.83 bits per heavy atom. The lowest BCUT2D eigenvalue weighted by Gasteiger charge is -2.12. The zero-order valence-electron chi connectivity index (χ0n) is 12.9. The van der Waals surface area contributed by atoms with E-state index in [9.17, 15) is 10.4 Å². The zero-order valence-corrected chi connectivity index (χ0v) is 12.9. The molecular weight excluding hydrogens is 286 g/mol. The van der Waals surface area contributed by atoms with Crippen LogP contribution < -0.4 is 5.32 Å². The lowest BCUT2D eigenvalue weighted by molar-refractivity contribution is 0.474. The van der Waals surface area contributed by atoms with Gasteiger partial charge in [0.1, 0.15) is 11.8 Å².